The maximum atomic E-state index is 12.3. The molecule has 130 valence electrons. The van der Waals surface area contributed by atoms with Crippen molar-refractivity contribution in [2.24, 2.45) is 5.92 Å². The molecule has 0 spiro atoms. The van der Waals surface area contributed by atoms with Crippen LogP contribution in [0, 0.1) is 5.92 Å². The number of amides is 3. The first kappa shape index (κ1) is 18.9. The van der Waals surface area contributed by atoms with E-state index in [0.29, 0.717) is 25.8 Å². The molecule has 1 rings (SSSR count). The van der Waals surface area contributed by atoms with Gasteiger partial charge in [-0.15, -0.1) is 0 Å². The Bertz CT molecular complexity index is 468. The van der Waals surface area contributed by atoms with Crippen molar-refractivity contribution in [3.8, 4) is 0 Å². The van der Waals surface area contributed by atoms with Gasteiger partial charge in [0.25, 0.3) is 5.91 Å². The maximum Gasteiger partial charge on any atom is 0.322 e. The van der Waals surface area contributed by atoms with E-state index in [2.05, 4.69) is 16.1 Å². The Hall–Kier alpha value is -2.16. The highest BCUT2D eigenvalue weighted by molar-refractivity contribution is 5.90. The molecular formula is C14H24N4O5. The fraction of sp³-hybridized carbons (Fsp3) is 0.714. The molecule has 1 saturated heterocycles. The summed E-state index contributed by atoms with van der Waals surface area (Å²) in [7, 11) is 0. The highest BCUT2D eigenvalue weighted by Gasteiger charge is 2.31. The number of rotatable bonds is 7. The SMILES string of the molecule is CC(NC(=O)C(NC=O)C(C)C)C(=O)N1CCCC(C(=O)O)N1. The second kappa shape index (κ2) is 8.47. The van der Waals surface area contributed by atoms with E-state index < -0.39 is 35.9 Å². The summed E-state index contributed by atoms with van der Waals surface area (Å²) in [5.41, 5.74) is 2.65. The van der Waals surface area contributed by atoms with Gasteiger partial charge in [0.2, 0.25) is 12.3 Å². The fourth-order valence-electron chi connectivity index (χ4n) is 2.37. The molecule has 1 aliphatic rings. The lowest BCUT2D eigenvalue weighted by Gasteiger charge is -2.34. The standard InChI is InChI=1S/C14H24N4O5/c1-8(2)11(15-7-19)12(20)16-9(3)13(21)18-6-4-5-10(17-18)14(22)23/h7-11,17H,4-6H2,1-3H3,(H,15,19)(H,16,20)(H,22,23). The van der Waals surface area contributed by atoms with Crippen molar-refractivity contribution < 1.29 is 24.3 Å². The molecule has 1 fully saturated rings. The molecule has 4 N–H and O–H groups in total. The summed E-state index contributed by atoms with van der Waals surface area (Å²) in [6.07, 6.45) is 1.45. The molecule has 1 aliphatic heterocycles. The molecule has 1 heterocycles. The third-order valence-corrected chi connectivity index (χ3v) is 3.68. The lowest BCUT2D eigenvalue weighted by atomic mass is 10.0. The van der Waals surface area contributed by atoms with E-state index in [1.165, 1.54) is 11.9 Å². The molecule has 0 aliphatic carbocycles. The van der Waals surface area contributed by atoms with Gasteiger partial charge in [-0.25, -0.2) is 5.43 Å². The Morgan fingerprint density at radius 2 is 1.96 bits per heavy atom. The van der Waals surface area contributed by atoms with Gasteiger partial charge in [-0.3, -0.25) is 24.2 Å². The van der Waals surface area contributed by atoms with E-state index in [1.54, 1.807) is 13.8 Å². The smallest absolute Gasteiger partial charge is 0.322 e. The van der Waals surface area contributed by atoms with Crippen molar-refractivity contribution in [3.05, 3.63) is 0 Å². The number of carboxylic acid groups (broad SMARTS) is 1. The van der Waals surface area contributed by atoms with E-state index in [1.807, 2.05) is 0 Å². The van der Waals surface area contributed by atoms with Gasteiger partial charge in [-0.05, 0) is 25.7 Å². The molecule has 3 unspecified atom stereocenters. The zero-order valence-electron chi connectivity index (χ0n) is 13.5. The zero-order valence-corrected chi connectivity index (χ0v) is 13.5. The second-order valence-corrected chi connectivity index (χ2v) is 5.89. The summed E-state index contributed by atoms with van der Waals surface area (Å²) in [6.45, 7) is 5.45. The number of nitrogens with zero attached hydrogens (tertiary/aromatic N) is 1. The third kappa shape index (κ3) is 5.20. The molecule has 9 heteroatoms. The highest BCUT2D eigenvalue weighted by atomic mass is 16.4. The minimum Gasteiger partial charge on any atom is -0.480 e. The van der Waals surface area contributed by atoms with Crippen LogP contribution in [0.4, 0.5) is 0 Å². The molecule has 9 nitrogen and oxygen atoms in total. The molecule has 0 bridgehead atoms. The van der Waals surface area contributed by atoms with E-state index in [9.17, 15) is 19.2 Å². The lowest BCUT2D eigenvalue weighted by Crippen LogP contribution is -2.60. The van der Waals surface area contributed by atoms with Crippen LogP contribution < -0.4 is 16.1 Å². The Morgan fingerprint density at radius 1 is 1.30 bits per heavy atom. The second-order valence-electron chi connectivity index (χ2n) is 5.89. The van der Waals surface area contributed by atoms with Gasteiger partial charge in [-0.2, -0.15) is 0 Å². The molecule has 3 amide bonds. The van der Waals surface area contributed by atoms with Crippen molar-refractivity contribution in [2.45, 2.75) is 51.7 Å². The number of hydrogen-bond acceptors (Lipinski definition) is 5. The highest BCUT2D eigenvalue weighted by Crippen LogP contribution is 2.09. The molecule has 0 aromatic heterocycles. The number of aliphatic carboxylic acids is 1. The van der Waals surface area contributed by atoms with E-state index in [0.717, 1.165) is 0 Å². The van der Waals surface area contributed by atoms with Gasteiger partial charge < -0.3 is 15.7 Å². The number of carbonyl (C=O) groups is 4. The first-order valence-electron chi connectivity index (χ1n) is 7.58. The molecule has 0 aromatic rings. The number of carbonyl (C=O) groups excluding carboxylic acids is 3. The van der Waals surface area contributed by atoms with Crippen LogP contribution in [0.1, 0.15) is 33.6 Å². The van der Waals surface area contributed by atoms with Crippen LogP contribution in [0.2, 0.25) is 0 Å². The summed E-state index contributed by atoms with van der Waals surface area (Å²) in [6, 6.07) is -2.38. The van der Waals surface area contributed by atoms with Crippen molar-refractivity contribution in [3.63, 3.8) is 0 Å². The van der Waals surface area contributed by atoms with Crippen LogP contribution in [0.15, 0.2) is 0 Å². The largest absolute Gasteiger partial charge is 0.480 e. The normalized spacial score (nSPS) is 20.5. The first-order valence-corrected chi connectivity index (χ1v) is 7.58. The summed E-state index contributed by atoms with van der Waals surface area (Å²) < 4.78 is 0. The van der Waals surface area contributed by atoms with Gasteiger partial charge >= 0.3 is 5.97 Å². The Kier molecular flexibility index (Phi) is 6.95. The van der Waals surface area contributed by atoms with Gasteiger partial charge in [-0.1, -0.05) is 13.8 Å². The van der Waals surface area contributed by atoms with Gasteiger partial charge in [0.05, 0.1) is 0 Å². The van der Waals surface area contributed by atoms with Gasteiger partial charge in [0, 0.05) is 6.54 Å². The first-order chi connectivity index (χ1) is 10.8. The summed E-state index contributed by atoms with van der Waals surface area (Å²) in [5.74, 6) is -2.03. The zero-order chi connectivity index (χ0) is 17.6. The van der Waals surface area contributed by atoms with Crippen LogP contribution in [0.25, 0.3) is 0 Å². The number of hydrogen-bond donors (Lipinski definition) is 4. The molecule has 23 heavy (non-hydrogen) atoms. The Morgan fingerprint density at radius 3 is 2.48 bits per heavy atom. The van der Waals surface area contributed by atoms with E-state index >= 15 is 0 Å². The Balaban J connectivity index is 2.63. The van der Waals surface area contributed by atoms with Crippen LogP contribution in [0.5, 0.6) is 0 Å². The van der Waals surface area contributed by atoms with E-state index in [4.69, 9.17) is 5.11 Å². The van der Waals surface area contributed by atoms with Crippen LogP contribution in [0.3, 0.4) is 0 Å². The summed E-state index contributed by atoms with van der Waals surface area (Å²) in [5, 5.41) is 15.2. The van der Waals surface area contributed by atoms with Crippen molar-refractivity contribution in [1.29, 1.82) is 0 Å². The van der Waals surface area contributed by atoms with Crippen LogP contribution in [-0.2, 0) is 19.2 Å². The fourth-order valence-corrected chi connectivity index (χ4v) is 2.37. The molecule has 0 radical (unpaired) electrons. The topological polar surface area (TPSA) is 128 Å². The van der Waals surface area contributed by atoms with Crippen molar-refractivity contribution >= 4 is 24.2 Å². The van der Waals surface area contributed by atoms with Crippen LogP contribution >= 0.6 is 0 Å². The Labute approximate surface area is 134 Å². The molecular weight excluding hydrogens is 304 g/mol. The molecule has 0 saturated carbocycles. The van der Waals surface area contributed by atoms with Gasteiger partial charge in [0.1, 0.15) is 18.1 Å². The predicted octanol–water partition coefficient (Wildman–Crippen LogP) is -1.16. The minimum atomic E-state index is -1.02. The lowest BCUT2D eigenvalue weighted by molar-refractivity contribution is -0.148. The maximum absolute atomic E-state index is 12.3. The summed E-state index contributed by atoms with van der Waals surface area (Å²) in [4.78, 5) is 46.0. The average Bonchev–Trinajstić information content (AvgIpc) is 2.51. The summed E-state index contributed by atoms with van der Waals surface area (Å²) >= 11 is 0. The van der Waals surface area contributed by atoms with E-state index in [-0.39, 0.29) is 5.92 Å². The van der Waals surface area contributed by atoms with Crippen molar-refractivity contribution in [2.75, 3.05) is 6.54 Å². The third-order valence-electron chi connectivity index (χ3n) is 3.68. The number of hydrazine groups is 1. The van der Waals surface area contributed by atoms with Crippen LogP contribution in [-0.4, -0.2) is 59.0 Å². The monoisotopic (exact) mass is 328 g/mol. The van der Waals surface area contributed by atoms with Crippen molar-refractivity contribution in [1.82, 2.24) is 21.1 Å². The quantitative estimate of drug-likeness (QED) is 0.437. The molecule has 3 atom stereocenters. The minimum absolute atomic E-state index is 0.132. The average molecular weight is 328 g/mol. The number of carboxylic acids is 1. The number of nitrogens with one attached hydrogen (secondary N) is 3. The predicted molar refractivity (Wildman–Crippen MR) is 80.9 cm³/mol. The molecule has 0 aromatic carbocycles. The van der Waals surface area contributed by atoms with Gasteiger partial charge in [0.15, 0.2) is 0 Å².